The summed E-state index contributed by atoms with van der Waals surface area (Å²) in [5.41, 5.74) is 4.22. The highest BCUT2D eigenvalue weighted by Crippen LogP contribution is 2.19. The van der Waals surface area contributed by atoms with Gasteiger partial charge in [-0.1, -0.05) is 24.3 Å². The van der Waals surface area contributed by atoms with Crippen molar-refractivity contribution in [2.24, 2.45) is 0 Å². The van der Waals surface area contributed by atoms with Crippen LogP contribution in [0, 0.1) is 0 Å². The molecule has 0 aliphatic carbocycles. The van der Waals surface area contributed by atoms with Gasteiger partial charge in [0.1, 0.15) is 12.4 Å². The lowest BCUT2D eigenvalue weighted by Gasteiger charge is -2.16. The first kappa shape index (κ1) is 19.6. The molecule has 2 aromatic carbocycles. The molecule has 3 aromatic rings. The molecule has 0 saturated heterocycles. The Morgan fingerprint density at radius 3 is 2.50 bits per heavy atom. The number of aromatic nitrogens is 1. The number of hydrogen-bond donors (Lipinski definition) is 2. The standard InChI is InChI=1S/C23H25N3O2/c1-17(21-4-3-5-22(14-21)26-18(2)27)25-15-19-6-8-23(9-7-19)28-16-20-10-12-24-13-11-20/h3-14,17,25H,15-16H2,1-2H3,(H,26,27). The Balaban J connectivity index is 1.51. The number of anilines is 1. The maximum Gasteiger partial charge on any atom is 0.221 e. The van der Waals surface area contributed by atoms with Gasteiger partial charge in [-0.05, 0) is 60.0 Å². The molecular weight excluding hydrogens is 350 g/mol. The van der Waals surface area contributed by atoms with Crippen LogP contribution in [-0.2, 0) is 17.9 Å². The van der Waals surface area contributed by atoms with Crippen LogP contribution in [0.15, 0.2) is 73.1 Å². The Morgan fingerprint density at radius 1 is 1.04 bits per heavy atom. The van der Waals surface area contributed by atoms with Gasteiger partial charge in [-0.2, -0.15) is 0 Å². The quantitative estimate of drug-likeness (QED) is 0.610. The van der Waals surface area contributed by atoms with Crippen molar-refractivity contribution in [2.45, 2.75) is 33.0 Å². The highest BCUT2D eigenvalue weighted by atomic mass is 16.5. The van der Waals surface area contributed by atoms with Gasteiger partial charge in [-0.15, -0.1) is 0 Å². The maximum atomic E-state index is 11.2. The second-order valence-electron chi connectivity index (χ2n) is 6.70. The molecule has 3 rings (SSSR count). The van der Waals surface area contributed by atoms with Crippen molar-refractivity contribution in [1.82, 2.24) is 10.3 Å². The van der Waals surface area contributed by atoms with Crippen LogP contribution in [0.3, 0.4) is 0 Å². The molecule has 0 aliphatic rings. The topological polar surface area (TPSA) is 63.2 Å². The smallest absolute Gasteiger partial charge is 0.221 e. The van der Waals surface area contributed by atoms with Gasteiger partial charge in [-0.25, -0.2) is 0 Å². The summed E-state index contributed by atoms with van der Waals surface area (Å²) in [6.07, 6.45) is 3.53. The molecule has 1 aromatic heterocycles. The largest absolute Gasteiger partial charge is 0.489 e. The normalized spacial score (nSPS) is 11.6. The van der Waals surface area contributed by atoms with E-state index >= 15 is 0 Å². The number of nitrogens with one attached hydrogen (secondary N) is 2. The highest BCUT2D eigenvalue weighted by Gasteiger charge is 2.07. The van der Waals surface area contributed by atoms with Gasteiger partial charge in [0.25, 0.3) is 0 Å². The van der Waals surface area contributed by atoms with E-state index in [0.29, 0.717) is 6.61 Å². The molecule has 1 amide bonds. The number of nitrogens with zero attached hydrogens (tertiary/aromatic N) is 1. The maximum absolute atomic E-state index is 11.2. The van der Waals surface area contributed by atoms with E-state index in [9.17, 15) is 4.79 Å². The summed E-state index contributed by atoms with van der Waals surface area (Å²) in [4.78, 5) is 15.2. The van der Waals surface area contributed by atoms with Crippen molar-refractivity contribution in [2.75, 3.05) is 5.32 Å². The summed E-state index contributed by atoms with van der Waals surface area (Å²) in [7, 11) is 0. The molecule has 5 nitrogen and oxygen atoms in total. The molecular formula is C23H25N3O2. The van der Waals surface area contributed by atoms with Gasteiger partial charge in [0.15, 0.2) is 0 Å². The van der Waals surface area contributed by atoms with Gasteiger partial charge in [0, 0.05) is 37.6 Å². The fraction of sp³-hybridized carbons (Fsp3) is 0.217. The molecule has 0 aliphatic heterocycles. The number of amides is 1. The van der Waals surface area contributed by atoms with E-state index < -0.39 is 0 Å². The molecule has 1 heterocycles. The lowest BCUT2D eigenvalue weighted by atomic mass is 10.1. The number of hydrogen-bond acceptors (Lipinski definition) is 4. The summed E-state index contributed by atoms with van der Waals surface area (Å²) >= 11 is 0. The first-order chi connectivity index (χ1) is 13.6. The highest BCUT2D eigenvalue weighted by molar-refractivity contribution is 5.88. The van der Waals surface area contributed by atoms with E-state index in [1.807, 2.05) is 42.5 Å². The van der Waals surface area contributed by atoms with E-state index in [0.717, 1.165) is 29.1 Å². The third kappa shape index (κ3) is 5.93. The van der Waals surface area contributed by atoms with Crippen LogP contribution in [0.1, 0.15) is 36.6 Å². The van der Waals surface area contributed by atoms with Crippen LogP contribution in [0.2, 0.25) is 0 Å². The predicted octanol–water partition coefficient (Wildman–Crippen LogP) is 4.47. The lowest BCUT2D eigenvalue weighted by Crippen LogP contribution is -2.18. The van der Waals surface area contributed by atoms with E-state index in [1.165, 1.54) is 12.5 Å². The number of pyridine rings is 1. The predicted molar refractivity (Wildman–Crippen MR) is 111 cm³/mol. The number of rotatable bonds is 8. The van der Waals surface area contributed by atoms with Gasteiger partial charge in [0.05, 0.1) is 0 Å². The fourth-order valence-corrected chi connectivity index (χ4v) is 2.83. The number of ether oxygens (including phenoxy) is 1. The molecule has 5 heteroatoms. The zero-order chi connectivity index (χ0) is 19.8. The lowest BCUT2D eigenvalue weighted by molar-refractivity contribution is -0.114. The minimum atomic E-state index is -0.0657. The van der Waals surface area contributed by atoms with E-state index in [1.54, 1.807) is 12.4 Å². The number of carbonyl (C=O) groups is 1. The summed E-state index contributed by atoms with van der Waals surface area (Å²) in [5.74, 6) is 0.778. The van der Waals surface area contributed by atoms with Crippen LogP contribution >= 0.6 is 0 Å². The minimum absolute atomic E-state index is 0.0657. The van der Waals surface area contributed by atoms with Gasteiger partial charge < -0.3 is 15.4 Å². The Morgan fingerprint density at radius 2 is 1.79 bits per heavy atom. The zero-order valence-electron chi connectivity index (χ0n) is 16.2. The Bertz CT molecular complexity index is 895. The first-order valence-electron chi connectivity index (χ1n) is 9.32. The summed E-state index contributed by atoms with van der Waals surface area (Å²) < 4.78 is 5.80. The SMILES string of the molecule is CC(=O)Nc1cccc(C(C)NCc2ccc(OCc3ccncc3)cc2)c1. The van der Waals surface area contributed by atoms with Crippen molar-refractivity contribution in [3.63, 3.8) is 0 Å². The molecule has 28 heavy (non-hydrogen) atoms. The third-order valence-corrected chi connectivity index (χ3v) is 4.40. The van der Waals surface area contributed by atoms with Crippen LogP contribution < -0.4 is 15.4 Å². The monoisotopic (exact) mass is 375 g/mol. The van der Waals surface area contributed by atoms with Crippen LogP contribution in [0.25, 0.3) is 0 Å². The van der Waals surface area contributed by atoms with E-state index in [-0.39, 0.29) is 11.9 Å². The van der Waals surface area contributed by atoms with E-state index in [2.05, 4.69) is 40.7 Å². The molecule has 0 spiro atoms. The Kier molecular flexibility index (Phi) is 6.76. The Hall–Kier alpha value is -3.18. The summed E-state index contributed by atoms with van der Waals surface area (Å²) in [6, 6.07) is 20.0. The first-order valence-corrected chi connectivity index (χ1v) is 9.32. The van der Waals surface area contributed by atoms with Crippen molar-refractivity contribution >= 4 is 11.6 Å². The molecule has 0 bridgehead atoms. The molecule has 1 atom stereocenters. The number of carbonyl (C=O) groups excluding carboxylic acids is 1. The molecule has 1 unspecified atom stereocenters. The van der Waals surface area contributed by atoms with Crippen molar-refractivity contribution in [1.29, 1.82) is 0 Å². The average molecular weight is 375 g/mol. The molecule has 2 N–H and O–H groups in total. The molecule has 0 saturated carbocycles. The third-order valence-electron chi connectivity index (χ3n) is 4.40. The van der Waals surface area contributed by atoms with Gasteiger partial charge in [0.2, 0.25) is 5.91 Å². The van der Waals surface area contributed by atoms with Crippen molar-refractivity contribution in [3.05, 3.63) is 89.7 Å². The van der Waals surface area contributed by atoms with Crippen LogP contribution in [0.5, 0.6) is 5.75 Å². The van der Waals surface area contributed by atoms with Gasteiger partial charge >= 0.3 is 0 Å². The second kappa shape index (κ2) is 9.67. The second-order valence-corrected chi connectivity index (χ2v) is 6.70. The average Bonchev–Trinajstić information content (AvgIpc) is 2.72. The molecule has 144 valence electrons. The van der Waals surface area contributed by atoms with Crippen molar-refractivity contribution < 1.29 is 9.53 Å². The van der Waals surface area contributed by atoms with Crippen molar-refractivity contribution in [3.8, 4) is 5.75 Å². The van der Waals surface area contributed by atoms with Crippen LogP contribution in [0.4, 0.5) is 5.69 Å². The van der Waals surface area contributed by atoms with Crippen LogP contribution in [-0.4, -0.2) is 10.9 Å². The number of benzene rings is 2. The minimum Gasteiger partial charge on any atom is -0.489 e. The zero-order valence-corrected chi connectivity index (χ0v) is 16.2. The summed E-state index contributed by atoms with van der Waals surface area (Å²) in [6.45, 7) is 4.90. The van der Waals surface area contributed by atoms with Gasteiger partial charge in [-0.3, -0.25) is 9.78 Å². The summed E-state index contributed by atoms with van der Waals surface area (Å²) in [5, 5.41) is 6.33. The molecule has 0 radical (unpaired) electrons. The van der Waals surface area contributed by atoms with E-state index in [4.69, 9.17) is 4.74 Å². The molecule has 0 fully saturated rings. The Labute approximate surface area is 165 Å². The fourth-order valence-electron chi connectivity index (χ4n) is 2.83.